The molecule has 0 N–H and O–H groups in total. The van der Waals surface area contributed by atoms with Crippen molar-refractivity contribution < 1.29 is 18.6 Å². The van der Waals surface area contributed by atoms with E-state index in [1.54, 1.807) is 0 Å². The quantitative estimate of drug-likeness (QED) is 0.136. The molecular formula is C39H42O4Si. The van der Waals surface area contributed by atoms with Gasteiger partial charge in [-0.05, 0) is 33.0 Å². The van der Waals surface area contributed by atoms with Gasteiger partial charge in [-0.3, -0.25) is 0 Å². The number of hydrogen-bond acceptors (Lipinski definition) is 4. The highest BCUT2D eigenvalue weighted by Crippen LogP contribution is 2.58. The van der Waals surface area contributed by atoms with Gasteiger partial charge in [0.15, 0.2) is 6.10 Å². The van der Waals surface area contributed by atoms with Crippen molar-refractivity contribution in [1.29, 1.82) is 0 Å². The second-order valence-corrected chi connectivity index (χ2v) is 17.7. The van der Waals surface area contributed by atoms with Gasteiger partial charge in [0.25, 0.3) is 8.32 Å². The zero-order valence-electron chi connectivity index (χ0n) is 25.9. The minimum atomic E-state index is -2.70. The van der Waals surface area contributed by atoms with Gasteiger partial charge in [-0.2, -0.15) is 0 Å². The summed E-state index contributed by atoms with van der Waals surface area (Å²) in [6.07, 6.45) is 1.01. The number of epoxide rings is 1. The highest BCUT2D eigenvalue weighted by Gasteiger charge is 2.63. The van der Waals surface area contributed by atoms with E-state index in [9.17, 15) is 0 Å². The SMILES string of the molecule is CC(C)(C)[Si](OCC1=C2O[C@@H]2[C@@H]2C[C@@H](OCc3ccccc3)[C@@H](OCc3ccccc3)[C@H]12)(c1ccccc1)c1ccccc1. The molecule has 0 bridgehead atoms. The van der Waals surface area contributed by atoms with Crippen LogP contribution in [0.1, 0.15) is 38.3 Å². The van der Waals surface area contributed by atoms with Crippen LogP contribution in [0, 0.1) is 11.8 Å². The van der Waals surface area contributed by atoms with Crippen LogP contribution < -0.4 is 10.4 Å². The summed E-state index contributed by atoms with van der Waals surface area (Å²) in [4.78, 5) is 0. The van der Waals surface area contributed by atoms with E-state index in [1.165, 1.54) is 27.1 Å². The van der Waals surface area contributed by atoms with Crippen LogP contribution in [0.2, 0.25) is 5.04 Å². The molecule has 0 unspecified atom stereocenters. The molecular weight excluding hydrogens is 561 g/mol. The summed E-state index contributed by atoms with van der Waals surface area (Å²) in [5.41, 5.74) is 3.63. The molecule has 4 aromatic carbocycles. The molecule has 2 aliphatic carbocycles. The van der Waals surface area contributed by atoms with Gasteiger partial charge >= 0.3 is 0 Å². The fraction of sp³-hybridized carbons (Fsp3) is 0.333. The van der Waals surface area contributed by atoms with Crippen LogP contribution in [-0.4, -0.2) is 33.2 Å². The molecule has 1 saturated carbocycles. The number of hydrogen-bond donors (Lipinski definition) is 0. The molecule has 5 heteroatoms. The van der Waals surface area contributed by atoms with E-state index >= 15 is 0 Å². The van der Waals surface area contributed by atoms with Crippen molar-refractivity contribution in [3.63, 3.8) is 0 Å². The first-order valence-corrected chi connectivity index (χ1v) is 17.8. The molecule has 44 heavy (non-hydrogen) atoms. The van der Waals surface area contributed by atoms with E-state index in [-0.39, 0.29) is 29.3 Å². The molecule has 1 saturated heterocycles. The Morgan fingerprint density at radius 2 is 1.16 bits per heavy atom. The normalized spacial score (nSPS) is 24.1. The largest absolute Gasteiger partial charge is 0.483 e. The maximum Gasteiger partial charge on any atom is 0.261 e. The molecule has 226 valence electrons. The molecule has 5 atom stereocenters. The zero-order chi connectivity index (χ0) is 30.1. The lowest BCUT2D eigenvalue weighted by atomic mass is 9.92. The molecule has 1 heterocycles. The Morgan fingerprint density at radius 1 is 0.659 bits per heavy atom. The number of rotatable bonds is 11. The van der Waals surface area contributed by atoms with Crippen molar-refractivity contribution >= 4 is 18.7 Å². The lowest BCUT2D eigenvalue weighted by Gasteiger charge is -2.43. The van der Waals surface area contributed by atoms with Crippen molar-refractivity contribution in [2.45, 2.75) is 63.8 Å². The van der Waals surface area contributed by atoms with Crippen LogP contribution in [0.5, 0.6) is 0 Å². The standard InChI is InChI=1S/C39H42O4Si/c1-39(2,3)44(30-20-12-6-13-21-30,31-22-14-7-15-23-31)42-27-33-35-32(36-37(33)43-36)24-34(40-25-28-16-8-4-9-17-28)38(35)41-26-29-18-10-5-11-19-29/h4-23,32,34-36,38H,24-27H2,1-3H3/t32-,34-,35+,36-,38-/m1/s1. The van der Waals surface area contributed by atoms with E-state index in [2.05, 4.69) is 130 Å². The maximum absolute atomic E-state index is 7.44. The van der Waals surface area contributed by atoms with Gasteiger partial charge in [-0.1, -0.05) is 142 Å². The van der Waals surface area contributed by atoms with Crippen molar-refractivity contribution in [2.75, 3.05) is 6.61 Å². The molecule has 0 amide bonds. The molecule has 3 aliphatic rings. The number of ether oxygens (including phenoxy) is 3. The van der Waals surface area contributed by atoms with Crippen LogP contribution in [0.15, 0.2) is 133 Å². The third kappa shape index (κ3) is 5.47. The van der Waals surface area contributed by atoms with Crippen molar-refractivity contribution in [1.82, 2.24) is 0 Å². The van der Waals surface area contributed by atoms with Crippen molar-refractivity contribution in [2.24, 2.45) is 11.8 Å². The lowest BCUT2D eigenvalue weighted by Crippen LogP contribution is -2.66. The maximum atomic E-state index is 7.44. The average Bonchev–Trinajstić information content (AvgIpc) is 3.67. The third-order valence-corrected chi connectivity index (χ3v) is 14.7. The van der Waals surface area contributed by atoms with E-state index in [1.807, 2.05) is 12.1 Å². The summed E-state index contributed by atoms with van der Waals surface area (Å²) >= 11 is 0. The van der Waals surface area contributed by atoms with Crippen molar-refractivity contribution in [3.8, 4) is 0 Å². The minimum absolute atomic E-state index is 0.0115. The molecule has 7 rings (SSSR count). The predicted molar refractivity (Wildman–Crippen MR) is 177 cm³/mol. The second-order valence-electron chi connectivity index (χ2n) is 13.4. The Kier molecular flexibility index (Phi) is 8.06. The molecule has 0 radical (unpaired) electrons. The van der Waals surface area contributed by atoms with Crippen LogP contribution in [-0.2, 0) is 31.9 Å². The Morgan fingerprint density at radius 3 is 1.68 bits per heavy atom. The summed E-state index contributed by atoms with van der Waals surface area (Å²) < 4.78 is 27.2. The first kappa shape index (κ1) is 29.2. The Balaban J connectivity index is 1.19. The fourth-order valence-electron chi connectivity index (χ4n) is 7.63. The topological polar surface area (TPSA) is 40.2 Å². The van der Waals surface area contributed by atoms with E-state index in [0.29, 0.717) is 25.7 Å². The van der Waals surface area contributed by atoms with Gasteiger partial charge in [0.1, 0.15) is 5.76 Å². The molecule has 4 aromatic rings. The molecule has 2 fully saturated rings. The van der Waals surface area contributed by atoms with Gasteiger partial charge < -0.3 is 18.6 Å². The van der Waals surface area contributed by atoms with Crippen LogP contribution >= 0.6 is 0 Å². The number of fused-ring (bicyclic) bond motifs is 3. The lowest BCUT2D eigenvalue weighted by molar-refractivity contribution is -0.0806. The van der Waals surface area contributed by atoms with Crippen LogP contribution in [0.25, 0.3) is 0 Å². The minimum Gasteiger partial charge on any atom is -0.483 e. The molecule has 4 nitrogen and oxygen atoms in total. The van der Waals surface area contributed by atoms with Crippen LogP contribution in [0.4, 0.5) is 0 Å². The first-order valence-electron chi connectivity index (χ1n) is 15.9. The summed E-state index contributed by atoms with van der Waals surface area (Å²) in [6.45, 7) is 8.67. The van der Waals surface area contributed by atoms with Crippen LogP contribution in [0.3, 0.4) is 0 Å². The summed E-state index contributed by atoms with van der Waals surface area (Å²) in [6, 6.07) is 42.7. The average molecular weight is 603 g/mol. The Bertz CT molecular complexity index is 1530. The molecule has 0 spiro atoms. The molecule has 1 aliphatic heterocycles. The van der Waals surface area contributed by atoms with E-state index < -0.39 is 8.32 Å². The summed E-state index contributed by atoms with van der Waals surface area (Å²) in [7, 11) is -2.70. The third-order valence-electron chi connectivity index (χ3n) is 9.70. The molecule has 0 aromatic heterocycles. The highest BCUT2D eigenvalue weighted by atomic mass is 28.4. The predicted octanol–water partition coefficient (Wildman–Crippen LogP) is 7.04. The highest BCUT2D eigenvalue weighted by molar-refractivity contribution is 6.99. The summed E-state index contributed by atoms with van der Waals surface area (Å²) in [5, 5.41) is 2.49. The summed E-state index contributed by atoms with van der Waals surface area (Å²) in [5.74, 6) is 1.70. The first-order chi connectivity index (χ1) is 21.5. The van der Waals surface area contributed by atoms with Gasteiger partial charge in [0.05, 0.1) is 32.0 Å². The van der Waals surface area contributed by atoms with Gasteiger partial charge in [-0.25, -0.2) is 0 Å². The van der Waals surface area contributed by atoms with Crippen molar-refractivity contribution in [3.05, 3.63) is 144 Å². The van der Waals surface area contributed by atoms with Gasteiger partial charge in [0, 0.05) is 17.4 Å². The smallest absolute Gasteiger partial charge is 0.261 e. The fourth-order valence-corrected chi connectivity index (χ4v) is 12.2. The number of benzene rings is 4. The Labute approximate surface area is 262 Å². The second kappa shape index (κ2) is 12.1. The van der Waals surface area contributed by atoms with E-state index in [4.69, 9.17) is 18.6 Å². The van der Waals surface area contributed by atoms with Gasteiger partial charge in [0.2, 0.25) is 0 Å². The Hall–Kier alpha value is -3.48. The van der Waals surface area contributed by atoms with Gasteiger partial charge in [-0.15, -0.1) is 0 Å². The monoisotopic (exact) mass is 602 g/mol. The van der Waals surface area contributed by atoms with E-state index in [0.717, 1.165) is 12.2 Å². The zero-order valence-corrected chi connectivity index (χ0v) is 26.9.